The molecule has 0 aliphatic carbocycles. The van der Waals surface area contributed by atoms with Crippen LogP contribution < -0.4 is 5.32 Å². The molecule has 20 heavy (non-hydrogen) atoms. The van der Waals surface area contributed by atoms with Gasteiger partial charge in [0, 0.05) is 39.0 Å². The van der Waals surface area contributed by atoms with Crippen LogP contribution in [0.3, 0.4) is 0 Å². The van der Waals surface area contributed by atoms with Crippen LogP contribution >= 0.6 is 0 Å². The van der Waals surface area contributed by atoms with Gasteiger partial charge in [0.15, 0.2) is 9.84 Å². The molecule has 1 saturated heterocycles. The van der Waals surface area contributed by atoms with Crippen molar-refractivity contribution in [3.8, 4) is 0 Å². The van der Waals surface area contributed by atoms with Gasteiger partial charge in [-0.3, -0.25) is 0 Å². The van der Waals surface area contributed by atoms with Gasteiger partial charge in [0.2, 0.25) is 0 Å². The first-order chi connectivity index (χ1) is 9.38. The van der Waals surface area contributed by atoms with Gasteiger partial charge in [-0.05, 0) is 24.1 Å². The van der Waals surface area contributed by atoms with Crippen molar-refractivity contribution in [1.82, 2.24) is 10.2 Å². The normalized spacial score (nSPS) is 17.4. The highest BCUT2D eigenvalue weighted by molar-refractivity contribution is 7.90. The molecule has 0 radical (unpaired) electrons. The molecule has 0 bridgehead atoms. The maximum absolute atomic E-state index is 14.1. The van der Waals surface area contributed by atoms with Crippen molar-refractivity contribution in [2.45, 2.75) is 11.3 Å². The van der Waals surface area contributed by atoms with Crippen LogP contribution in [0.25, 0.3) is 0 Å². The summed E-state index contributed by atoms with van der Waals surface area (Å²) in [5, 5.41) is 3.21. The molecule has 0 spiro atoms. The van der Waals surface area contributed by atoms with Crippen LogP contribution in [0, 0.1) is 11.6 Å². The van der Waals surface area contributed by atoms with Gasteiger partial charge in [-0.15, -0.1) is 0 Å². The molecule has 1 heterocycles. The predicted octanol–water partition coefficient (Wildman–Crippen LogP) is 0.816. The monoisotopic (exact) mass is 304 g/mol. The Bertz CT molecular complexity index is 584. The Balaban J connectivity index is 2.17. The van der Waals surface area contributed by atoms with Crippen LogP contribution in [0.2, 0.25) is 0 Å². The maximum atomic E-state index is 14.1. The summed E-state index contributed by atoms with van der Waals surface area (Å²) in [5.74, 6) is -1.55. The fourth-order valence-corrected chi connectivity index (χ4v) is 3.07. The number of piperazine rings is 1. The van der Waals surface area contributed by atoms with E-state index in [1.54, 1.807) is 0 Å². The van der Waals surface area contributed by atoms with E-state index in [-0.39, 0.29) is 5.56 Å². The second kappa shape index (κ2) is 6.15. The lowest BCUT2D eigenvalue weighted by molar-refractivity contribution is 0.243. The standard InChI is InChI=1S/C13H18F2N2O2S/c1-20(18,19)12-9-11(14)8-10(13(12)15)2-5-17-6-3-16-4-7-17/h8-9,16H,2-7H2,1H3. The van der Waals surface area contributed by atoms with Gasteiger partial charge < -0.3 is 10.2 Å². The lowest BCUT2D eigenvalue weighted by atomic mass is 10.1. The smallest absolute Gasteiger partial charge is 0.178 e. The molecule has 112 valence electrons. The lowest BCUT2D eigenvalue weighted by Crippen LogP contribution is -2.44. The molecule has 2 rings (SSSR count). The summed E-state index contributed by atoms with van der Waals surface area (Å²) in [4.78, 5) is 1.58. The molecule has 1 aromatic rings. The van der Waals surface area contributed by atoms with E-state index in [2.05, 4.69) is 10.2 Å². The van der Waals surface area contributed by atoms with Crippen LogP contribution in [0.1, 0.15) is 5.56 Å². The zero-order valence-electron chi connectivity index (χ0n) is 11.3. The van der Waals surface area contributed by atoms with Crippen molar-refractivity contribution in [3.63, 3.8) is 0 Å². The van der Waals surface area contributed by atoms with Gasteiger partial charge in [0.1, 0.15) is 16.5 Å². The molecule has 0 saturated carbocycles. The highest BCUT2D eigenvalue weighted by atomic mass is 32.2. The van der Waals surface area contributed by atoms with E-state index in [9.17, 15) is 17.2 Å². The molecule has 0 atom stereocenters. The first kappa shape index (κ1) is 15.3. The zero-order chi connectivity index (χ0) is 14.8. The third-order valence-corrected chi connectivity index (χ3v) is 4.48. The van der Waals surface area contributed by atoms with Crippen molar-refractivity contribution in [2.24, 2.45) is 0 Å². The van der Waals surface area contributed by atoms with Crippen molar-refractivity contribution >= 4 is 9.84 Å². The first-order valence-corrected chi connectivity index (χ1v) is 8.38. The van der Waals surface area contributed by atoms with Crippen LogP contribution in [0.4, 0.5) is 8.78 Å². The number of sulfone groups is 1. The van der Waals surface area contributed by atoms with E-state index in [4.69, 9.17) is 0 Å². The van der Waals surface area contributed by atoms with E-state index in [0.717, 1.165) is 44.6 Å². The number of hydrogen-bond donors (Lipinski definition) is 1. The van der Waals surface area contributed by atoms with E-state index in [1.807, 2.05) is 0 Å². The Morgan fingerprint density at radius 1 is 1.25 bits per heavy atom. The quantitative estimate of drug-likeness (QED) is 0.894. The number of rotatable bonds is 4. The number of halogens is 2. The molecule has 0 amide bonds. The molecular weight excluding hydrogens is 286 g/mol. The third kappa shape index (κ3) is 3.74. The Morgan fingerprint density at radius 2 is 1.90 bits per heavy atom. The van der Waals surface area contributed by atoms with Crippen molar-refractivity contribution in [2.75, 3.05) is 39.0 Å². The van der Waals surface area contributed by atoms with Gasteiger partial charge in [-0.1, -0.05) is 0 Å². The zero-order valence-corrected chi connectivity index (χ0v) is 12.1. The second-order valence-corrected chi connectivity index (χ2v) is 6.97. The Labute approximate surface area is 117 Å². The van der Waals surface area contributed by atoms with Crippen LogP contribution in [0.15, 0.2) is 17.0 Å². The van der Waals surface area contributed by atoms with Gasteiger partial charge in [-0.25, -0.2) is 17.2 Å². The van der Waals surface area contributed by atoms with Crippen LogP contribution in [-0.2, 0) is 16.3 Å². The summed E-state index contributed by atoms with van der Waals surface area (Å²) in [7, 11) is -3.76. The summed E-state index contributed by atoms with van der Waals surface area (Å²) < 4.78 is 50.5. The topological polar surface area (TPSA) is 49.4 Å². The number of nitrogens with one attached hydrogen (secondary N) is 1. The second-order valence-electron chi connectivity index (χ2n) is 4.99. The molecule has 4 nitrogen and oxygen atoms in total. The Morgan fingerprint density at radius 3 is 2.50 bits per heavy atom. The van der Waals surface area contributed by atoms with Crippen molar-refractivity contribution in [3.05, 3.63) is 29.3 Å². The Hall–Kier alpha value is -1.05. The average molecular weight is 304 g/mol. The van der Waals surface area contributed by atoms with Crippen molar-refractivity contribution in [1.29, 1.82) is 0 Å². The van der Waals surface area contributed by atoms with E-state index in [1.165, 1.54) is 0 Å². The minimum absolute atomic E-state index is 0.115. The predicted molar refractivity (Wildman–Crippen MR) is 72.5 cm³/mol. The average Bonchev–Trinajstić information content (AvgIpc) is 2.39. The molecular formula is C13H18F2N2O2S. The molecule has 1 fully saturated rings. The van der Waals surface area contributed by atoms with Gasteiger partial charge >= 0.3 is 0 Å². The molecule has 1 aliphatic rings. The van der Waals surface area contributed by atoms with Gasteiger partial charge in [0.25, 0.3) is 0 Å². The van der Waals surface area contributed by atoms with Crippen LogP contribution in [-0.4, -0.2) is 52.3 Å². The summed E-state index contributed by atoms with van der Waals surface area (Å²) in [6, 6.07) is 1.81. The minimum Gasteiger partial charge on any atom is -0.314 e. The summed E-state index contributed by atoms with van der Waals surface area (Å²) in [5.41, 5.74) is 0.115. The first-order valence-electron chi connectivity index (χ1n) is 6.49. The number of nitrogens with zero attached hydrogens (tertiary/aromatic N) is 1. The molecule has 1 aliphatic heterocycles. The van der Waals surface area contributed by atoms with E-state index < -0.39 is 26.4 Å². The van der Waals surface area contributed by atoms with E-state index in [0.29, 0.717) is 13.0 Å². The molecule has 0 aromatic heterocycles. The van der Waals surface area contributed by atoms with Crippen LogP contribution in [0.5, 0.6) is 0 Å². The largest absolute Gasteiger partial charge is 0.314 e. The highest BCUT2D eigenvalue weighted by Crippen LogP contribution is 2.21. The summed E-state index contributed by atoms with van der Waals surface area (Å²) in [6.07, 6.45) is 1.18. The van der Waals surface area contributed by atoms with E-state index >= 15 is 0 Å². The fraction of sp³-hybridized carbons (Fsp3) is 0.538. The molecule has 0 unspecified atom stereocenters. The molecule has 1 aromatic carbocycles. The summed E-state index contributed by atoms with van der Waals surface area (Å²) >= 11 is 0. The van der Waals surface area contributed by atoms with Crippen molar-refractivity contribution < 1.29 is 17.2 Å². The minimum atomic E-state index is -3.76. The summed E-state index contributed by atoms with van der Waals surface area (Å²) in [6.45, 7) is 4.05. The number of hydrogen-bond acceptors (Lipinski definition) is 4. The molecule has 1 N–H and O–H groups in total. The third-order valence-electron chi connectivity index (χ3n) is 3.39. The van der Waals surface area contributed by atoms with Gasteiger partial charge in [-0.2, -0.15) is 0 Å². The highest BCUT2D eigenvalue weighted by Gasteiger charge is 2.19. The fourth-order valence-electron chi connectivity index (χ4n) is 2.28. The Kier molecular flexibility index (Phi) is 4.72. The van der Waals surface area contributed by atoms with Gasteiger partial charge in [0.05, 0.1) is 0 Å². The molecule has 7 heteroatoms. The lowest BCUT2D eigenvalue weighted by Gasteiger charge is -2.27. The maximum Gasteiger partial charge on any atom is 0.178 e. The SMILES string of the molecule is CS(=O)(=O)c1cc(F)cc(CCN2CCNCC2)c1F. The number of benzene rings is 1.